The molecule has 8 unspecified atom stereocenters. The molecule has 6 fully saturated rings. The van der Waals surface area contributed by atoms with Crippen molar-refractivity contribution < 1.29 is 19.2 Å². The van der Waals surface area contributed by atoms with Crippen LogP contribution in [0.5, 0.6) is 0 Å². The summed E-state index contributed by atoms with van der Waals surface area (Å²) >= 11 is 0. The number of carbonyl (C=O) groups is 4. The van der Waals surface area contributed by atoms with E-state index in [1.165, 1.54) is 9.80 Å². The molecule has 4 saturated heterocycles. The number of imide groups is 2. The minimum atomic E-state index is -0.378. The Balaban J connectivity index is 0.00000252. The van der Waals surface area contributed by atoms with Crippen LogP contribution < -0.4 is 0 Å². The Kier molecular flexibility index (Phi) is 6.27. The van der Waals surface area contributed by atoms with Crippen LogP contribution in [0.1, 0.15) is 0 Å². The van der Waals surface area contributed by atoms with Crippen LogP contribution in [0, 0.1) is 47.3 Å². The summed E-state index contributed by atoms with van der Waals surface area (Å²) in [5.41, 5.74) is 0. The van der Waals surface area contributed by atoms with E-state index < -0.39 is 0 Å². The maximum Gasteiger partial charge on any atom is 0.234 e. The molecule has 8 rings (SSSR count). The number of amides is 4. The molecule has 0 radical (unpaired) electrons. The van der Waals surface area contributed by atoms with Crippen molar-refractivity contribution in [3.05, 3.63) is 12.2 Å². The SMILES string of the molecule is CN1CCN(CN2C(=O)C3C4C=CC(C3C2=O)C2C3C(=O)N(CN5CCN(C)CC5)C(=O)C3C42)CC1.Cl. The molecule has 0 spiro atoms. The van der Waals surface area contributed by atoms with Crippen molar-refractivity contribution in [1.82, 2.24) is 29.4 Å². The van der Waals surface area contributed by atoms with Gasteiger partial charge in [-0.15, -0.1) is 12.4 Å². The molecule has 0 N–H and O–H groups in total. The fourth-order valence-corrected chi connectivity index (χ4v) is 8.38. The molecule has 2 bridgehead atoms. The Hall–Kier alpha value is -1.85. The number of fused-ring (bicyclic) bond motifs is 1. The summed E-state index contributed by atoms with van der Waals surface area (Å²) in [6, 6.07) is 0. The lowest BCUT2D eigenvalue weighted by atomic mass is 9.40. The smallest absolute Gasteiger partial charge is 0.234 e. The molecule has 0 aromatic heterocycles. The standard InChI is InChI=1S/C26H36N6O4.ClH/c1-27-5-9-29(10-6-27)13-31-23(33)19-15-3-4-16(20(19)24(31)34)18-17(15)21-22(18)26(36)32(25(21)35)14-30-11-7-28(2)8-12-30;/h3-4,15-22H,5-14H2,1-2H3;1H. The van der Waals surface area contributed by atoms with Crippen LogP contribution in [0.4, 0.5) is 0 Å². The van der Waals surface area contributed by atoms with Gasteiger partial charge in [0.1, 0.15) is 0 Å². The molecule has 37 heavy (non-hydrogen) atoms. The van der Waals surface area contributed by atoms with Crippen LogP contribution in [-0.2, 0) is 19.2 Å². The van der Waals surface area contributed by atoms with Gasteiger partial charge < -0.3 is 9.80 Å². The topological polar surface area (TPSA) is 87.7 Å². The van der Waals surface area contributed by atoms with Gasteiger partial charge in [0.2, 0.25) is 23.6 Å². The average molecular weight is 533 g/mol. The van der Waals surface area contributed by atoms with Crippen molar-refractivity contribution in [3.8, 4) is 0 Å². The number of rotatable bonds is 4. The highest BCUT2D eigenvalue weighted by Gasteiger charge is 2.75. The molecule has 4 aliphatic carbocycles. The summed E-state index contributed by atoms with van der Waals surface area (Å²) < 4.78 is 0. The average Bonchev–Trinajstić information content (AvgIpc) is 3.22. The summed E-state index contributed by atoms with van der Waals surface area (Å²) in [6.07, 6.45) is 4.18. The van der Waals surface area contributed by atoms with E-state index in [0.717, 1.165) is 52.4 Å². The number of likely N-dealkylation sites (N-methyl/N-ethyl adjacent to an activating group) is 2. The van der Waals surface area contributed by atoms with Gasteiger partial charge >= 0.3 is 0 Å². The highest BCUT2D eigenvalue weighted by molar-refractivity contribution is 6.09. The van der Waals surface area contributed by atoms with E-state index in [0.29, 0.717) is 13.3 Å². The summed E-state index contributed by atoms with van der Waals surface area (Å²) in [5, 5.41) is 0. The first-order valence-corrected chi connectivity index (χ1v) is 13.6. The molecule has 2 saturated carbocycles. The maximum absolute atomic E-state index is 13.6. The minimum absolute atomic E-state index is 0. The number of nitrogens with zero attached hydrogens (tertiary/aromatic N) is 6. The van der Waals surface area contributed by atoms with Gasteiger partial charge in [-0.05, 0) is 37.8 Å². The maximum atomic E-state index is 13.6. The van der Waals surface area contributed by atoms with E-state index >= 15 is 0 Å². The summed E-state index contributed by atoms with van der Waals surface area (Å²) in [6.45, 7) is 7.82. The van der Waals surface area contributed by atoms with Crippen LogP contribution in [0.2, 0.25) is 0 Å². The van der Waals surface area contributed by atoms with Crippen molar-refractivity contribution in [2.75, 3.05) is 79.8 Å². The molecule has 0 aromatic carbocycles. The lowest BCUT2D eigenvalue weighted by molar-refractivity contribution is -0.166. The van der Waals surface area contributed by atoms with E-state index in [1.807, 2.05) is 0 Å². The van der Waals surface area contributed by atoms with E-state index in [2.05, 4.69) is 45.8 Å². The number of allylic oxidation sites excluding steroid dienone is 2. The molecule has 202 valence electrons. The summed E-state index contributed by atoms with van der Waals surface area (Å²) in [5.74, 6) is -1.93. The molecule has 8 atom stereocenters. The second-order valence-corrected chi connectivity index (χ2v) is 12.1. The zero-order valence-electron chi connectivity index (χ0n) is 21.6. The fourth-order valence-electron chi connectivity index (χ4n) is 8.38. The fraction of sp³-hybridized carbons (Fsp3) is 0.769. The molecule has 11 heteroatoms. The van der Waals surface area contributed by atoms with E-state index in [4.69, 9.17) is 0 Å². The molecule has 4 heterocycles. The highest BCUT2D eigenvalue weighted by atomic mass is 35.5. The number of piperazine rings is 2. The lowest BCUT2D eigenvalue weighted by Crippen LogP contribution is -2.63. The van der Waals surface area contributed by atoms with Gasteiger partial charge in [-0.25, -0.2) is 0 Å². The number of carbonyl (C=O) groups excluding carboxylic acids is 4. The van der Waals surface area contributed by atoms with Crippen molar-refractivity contribution in [3.63, 3.8) is 0 Å². The van der Waals surface area contributed by atoms with Gasteiger partial charge in [0, 0.05) is 52.4 Å². The first-order chi connectivity index (χ1) is 17.3. The van der Waals surface area contributed by atoms with Crippen LogP contribution in [-0.4, -0.2) is 133 Å². The normalized spacial score (nSPS) is 42.1. The Bertz CT molecular complexity index is 982. The number of likely N-dealkylation sites (tertiary alicyclic amines) is 2. The molecular formula is C26H37ClN6O4. The molecule has 4 aliphatic heterocycles. The first kappa shape index (κ1) is 25.4. The van der Waals surface area contributed by atoms with Gasteiger partial charge in [-0.1, -0.05) is 12.2 Å². The second kappa shape index (κ2) is 9.12. The number of halogens is 1. The predicted octanol–water partition coefficient (Wildman–Crippen LogP) is -0.918. The molecule has 4 amide bonds. The van der Waals surface area contributed by atoms with Crippen molar-refractivity contribution in [2.45, 2.75) is 0 Å². The molecule has 0 aromatic rings. The monoisotopic (exact) mass is 532 g/mol. The van der Waals surface area contributed by atoms with Gasteiger partial charge in [0.05, 0.1) is 37.0 Å². The first-order valence-electron chi connectivity index (χ1n) is 13.6. The third-order valence-electron chi connectivity index (χ3n) is 10.4. The van der Waals surface area contributed by atoms with Crippen molar-refractivity contribution in [1.29, 1.82) is 0 Å². The third kappa shape index (κ3) is 3.59. The Morgan fingerprint density at radius 1 is 0.568 bits per heavy atom. The number of hydrogen-bond donors (Lipinski definition) is 0. The second-order valence-electron chi connectivity index (χ2n) is 12.1. The predicted molar refractivity (Wildman–Crippen MR) is 136 cm³/mol. The summed E-state index contributed by atoms with van der Waals surface area (Å²) in [7, 11) is 4.17. The lowest BCUT2D eigenvalue weighted by Gasteiger charge is -2.60. The minimum Gasteiger partial charge on any atom is -0.304 e. The largest absolute Gasteiger partial charge is 0.304 e. The molecule has 10 nitrogen and oxygen atoms in total. The van der Waals surface area contributed by atoms with Crippen LogP contribution in [0.15, 0.2) is 12.2 Å². The summed E-state index contributed by atoms with van der Waals surface area (Å²) in [4.78, 5) is 66.1. The Morgan fingerprint density at radius 3 is 1.24 bits per heavy atom. The molecule has 8 aliphatic rings. The highest BCUT2D eigenvalue weighted by Crippen LogP contribution is 2.68. The van der Waals surface area contributed by atoms with E-state index in [1.54, 1.807) is 0 Å². The van der Waals surface area contributed by atoms with Gasteiger partial charge in [-0.2, -0.15) is 0 Å². The Labute approximate surface area is 223 Å². The Morgan fingerprint density at radius 2 is 0.892 bits per heavy atom. The zero-order valence-corrected chi connectivity index (χ0v) is 22.4. The van der Waals surface area contributed by atoms with Gasteiger partial charge in [0.15, 0.2) is 0 Å². The molecular weight excluding hydrogens is 496 g/mol. The van der Waals surface area contributed by atoms with Gasteiger partial charge in [-0.3, -0.25) is 38.8 Å². The van der Waals surface area contributed by atoms with Gasteiger partial charge in [0.25, 0.3) is 0 Å². The van der Waals surface area contributed by atoms with E-state index in [-0.39, 0.29) is 83.4 Å². The van der Waals surface area contributed by atoms with E-state index in [9.17, 15) is 19.2 Å². The quantitative estimate of drug-likeness (QED) is 0.339. The van der Waals surface area contributed by atoms with Crippen LogP contribution >= 0.6 is 12.4 Å². The third-order valence-corrected chi connectivity index (χ3v) is 10.4. The zero-order chi connectivity index (χ0) is 24.9. The van der Waals surface area contributed by atoms with Crippen LogP contribution in [0.3, 0.4) is 0 Å². The number of hydrogen-bond acceptors (Lipinski definition) is 8. The van der Waals surface area contributed by atoms with Crippen molar-refractivity contribution >= 4 is 36.0 Å². The van der Waals surface area contributed by atoms with Crippen LogP contribution in [0.25, 0.3) is 0 Å². The van der Waals surface area contributed by atoms with Crippen molar-refractivity contribution in [2.24, 2.45) is 47.3 Å².